The third kappa shape index (κ3) is 9.72. The van der Waals surface area contributed by atoms with Crippen molar-refractivity contribution >= 4 is 41.4 Å². The number of carbonyl (C=O) groups is 7. The van der Waals surface area contributed by atoms with Crippen molar-refractivity contribution in [3.63, 3.8) is 0 Å². The lowest BCUT2D eigenvalue weighted by Gasteiger charge is -2.36. The van der Waals surface area contributed by atoms with Gasteiger partial charge in [-0.25, -0.2) is 0 Å². The second-order valence-electron chi connectivity index (χ2n) is 15.3. The van der Waals surface area contributed by atoms with E-state index in [-0.39, 0.29) is 30.1 Å². The number of rotatable bonds is 6. The number of nitrogens with zero attached hydrogens (tertiary/aromatic N) is 4. The maximum Gasteiger partial charge on any atom is 0.245 e. The molecule has 0 aromatic rings. The van der Waals surface area contributed by atoms with Gasteiger partial charge < -0.3 is 35.6 Å². The molecule has 1 saturated heterocycles. The van der Waals surface area contributed by atoms with Crippen LogP contribution >= 0.6 is 0 Å². The molecule has 14 nitrogen and oxygen atoms in total. The molecule has 7 atom stereocenters. The largest absolute Gasteiger partial charge is 0.343 e. The van der Waals surface area contributed by atoms with Crippen molar-refractivity contribution < 1.29 is 33.6 Å². The van der Waals surface area contributed by atoms with E-state index in [9.17, 15) is 33.6 Å². The van der Waals surface area contributed by atoms with Crippen molar-refractivity contribution in [3.05, 3.63) is 0 Å². The Hall–Kier alpha value is -3.71. The number of amides is 7. The van der Waals surface area contributed by atoms with Crippen LogP contribution < -0.4 is 16.0 Å². The van der Waals surface area contributed by atoms with E-state index in [4.69, 9.17) is 0 Å². The van der Waals surface area contributed by atoms with Gasteiger partial charge in [0.15, 0.2) is 0 Å². The van der Waals surface area contributed by atoms with E-state index in [0.29, 0.717) is 6.42 Å². The van der Waals surface area contributed by atoms with Crippen molar-refractivity contribution in [3.8, 4) is 0 Å². The first kappa shape index (κ1) is 39.7. The van der Waals surface area contributed by atoms with Crippen LogP contribution in [0.25, 0.3) is 0 Å². The second kappa shape index (κ2) is 16.3. The van der Waals surface area contributed by atoms with Gasteiger partial charge in [0.1, 0.15) is 42.3 Å². The van der Waals surface area contributed by atoms with Crippen molar-refractivity contribution in [2.75, 3.05) is 28.2 Å². The highest BCUT2D eigenvalue weighted by Crippen LogP contribution is 2.35. The average molecular weight is 690 g/mol. The third-order valence-corrected chi connectivity index (χ3v) is 10.3. The Labute approximate surface area is 291 Å². The number of nitrogens with one attached hydrogen (secondary N) is 3. The minimum absolute atomic E-state index is 0.0142. The van der Waals surface area contributed by atoms with Crippen molar-refractivity contribution in [2.45, 2.75) is 129 Å². The summed E-state index contributed by atoms with van der Waals surface area (Å²) in [6.45, 7) is 12.4. The summed E-state index contributed by atoms with van der Waals surface area (Å²) >= 11 is 0. The van der Waals surface area contributed by atoms with Gasteiger partial charge in [0, 0.05) is 28.2 Å². The third-order valence-electron chi connectivity index (χ3n) is 10.3. The molecule has 2 saturated carbocycles. The molecule has 3 rings (SSSR count). The van der Waals surface area contributed by atoms with Gasteiger partial charge in [-0.3, -0.25) is 33.6 Å². The predicted molar refractivity (Wildman–Crippen MR) is 183 cm³/mol. The summed E-state index contributed by atoms with van der Waals surface area (Å²) in [5.41, 5.74) is 0. The Morgan fingerprint density at radius 2 is 0.898 bits per heavy atom. The molecule has 3 aliphatic rings. The van der Waals surface area contributed by atoms with Crippen LogP contribution in [0.1, 0.15) is 87.0 Å². The van der Waals surface area contributed by atoms with E-state index in [2.05, 4.69) is 16.0 Å². The first-order valence-electron chi connectivity index (χ1n) is 17.8. The van der Waals surface area contributed by atoms with Gasteiger partial charge in [-0.2, -0.15) is 0 Å². The molecule has 1 heterocycles. The van der Waals surface area contributed by atoms with Gasteiger partial charge in [0.05, 0.1) is 0 Å². The lowest BCUT2D eigenvalue weighted by atomic mass is 10.00. The molecule has 7 amide bonds. The van der Waals surface area contributed by atoms with Crippen LogP contribution in [0.5, 0.6) is 0 Å². The number of likely N-dealkylation sites (N-methyl/N-ethyl adjacent to an activating group) is 4. The van der Waals surface area contributed by atoms with Crippen molar-refractivity contribution in [1.29, 1.82) is 0 Å². The first-order chi connectivity index (χ1) is 22.8. The molecule has 0 unspecified atom stereocenters. The maximum absolute atomic E-state index is 13.9. The topological polar surface area (TPSA) is 169 Å². The Morgan fingerprint density at radius 3 is 1.31 bits per heavy atom. The highest BCUT2D eigenvalue weighted by Gasteiger charge is 2.45. The van der Waals surface area contributed by atoms with Crippen molar-refractivity contribution in [1.82, 2.24) is 35.6 Å². The van der Waals surface area contributed by atoms with E-state index >= 15 is 0 Å². The van der Waals surface area contributed by atoms with Gasteiger partial charge in [0.2, 0.25) is 41.4 Å². The summed E-state index contributed by atoms with van der Waals surface area (Å²) in [5, 5.41) is 8.57. The van der Waals surface area contributed by atoms with Crippen LogP contribution in [0.15, 0.2) is 0 Å². The van der Waals surface area contributed by atoms with Crippen molar-refractivity contribution in [2.24, 2.45) is 23.7 Å². The van der Waals surface area contributed by atoms with Crippen LogP contribution in [-0.4, -0.2) is 131 Å². The predicted octanol–water partition coefficient (Wildman–Crippen LogP) is 0.734. The molecule has 0 bridgehead atoms. The van der Waals surface area contributed by atoms with E-state index < -0.39 is 83.6 Å². The summed E-state index contributed by atoms with van der Waals surface area (Å²) in [4.78, 5) is 102. The van der Waals surface area contributed by atoms with Gasteiger partial charge in [-0.15, -0.1) is 0 Å². The SMILES string of the molecule is CC(C)C[C@H]1NC(=O)[C@@H](C)N(C)C(=O)[C@H](C)N(C)C(=O)[C@H](C2CC2)NC(=O)[C@H](CC(C)C)N(C)C(=O)[C@H](C)N(C)C(=O)[C@@H](C2CC2)NC1=O. The number of hydrogen-bond donors (Lipinski definition) is 3. The van der Waals surface area contributed by atoms with E-state index in [1.165, 1.54) is 47.8 Å². The molecular weight excluding hydrogens is 630 g/mol. The zero-order chi connectivity index (χ0) is 37.1. The fourth-order valence-corrected chi connectivity index (χ4v) is 6.27. The van der Waals surface area contributed by atoms with E-state index in [1.807, 2.05) is 27.7 Å². The Morgan fingerprint density at radius 1 is 0.510 bits per heavy atom. The van der Waals surface area contributed by atoms with Crippen LogP contribution in [0.3, 0.4) is 0 Å². The fourth-order valence-electron chi connectivity index (χ4n) is 6.27. The lowest BCUT2D eigenvalue weighted by Crippen LogP contribution is -2.60. The lowest BCUT2D eigenvalue weighted by molar-refractivity contribution is -0.150. The molecule has 0 aromatic carbocycles. The first-order valence-corrected chi connectivity index (χ1v) is 17.8. The van der Waals surface area contributed by atoms with Crippen LogP contribution in [-0.2, 0) is 33.6 Å². The molecule has 0 aromatic heterocycles. The summed E-state index contributed by atoms with van der Waals surface area (Å²) in [6.07, 6.45) is 3.51. The average Bonchev–Trinajstić information content (AvgIpc) is 3.98. The smallest absolute Gasteiger partial charge is 0.245 e. The summed E-state index contributed by atoms with van der Waals surface area (Å²) in [6, 6.07) is -6.63. The number of hydrogen-bond acceptors (Lipinski definition) is 7. The zero-order valence-electron chi connectivity index (χ0n) is 31.2. The monoisotopic (exact) mass is 689 g/mol. The van der Waals surface area contributed by atoms with Gasteiger partial charge in [0.25, 0.3) is 0 Å². The molecule has 14 heteroatoms. The molecule has 0 radical (unpaired) electrons. The Kier molecular flexibility index (Phi) is 13.2. The molecule has 3 N–H and O–H groups in total. The molecule has 49 heavy (non-hydrogen) atoms. The minimum Gasteiger partial charge on any atom is -0.343 e. The number of carbonyl (C=O) groups excluding carboxylic acids is 7. The molecule has 0 spiro atoms. The van der Waals surface area contributed by atoms with Crippen LogP contribution in [0, 0.1) is 23.7 Å². The summed E-state index contributed by atoms with van der Waals surface area (Å²) in [7, 11) is 6.00. The van der Waals surface area contributed by atoms with Gasteiger partial charge in [-0.1, -0.05) is 27.7 Å². The normalized spacial score (nSPS) is 31.2. The van der Waals surface area contributed by atoms with Crippen LogP contribution in [0.4, 0.5) is 0 Å². The van der Waals surface area contributed by atoms with E-state index in [1.54, 1.807) is 20.8 Å². The molecule has 3 fully saturated rings. The second-order valence-corrected chi connectivity index (χ2v) is 15.3. The highest BCUT2D eigenvalue weighted by molar-refractivity contribution is 5.98. The summed E-state index contributed by atoms with van der Waals surface area (Å²) < 4.78 is 0. The standard InChI is InChI=1S/C35H59N7O7/c1-18(2)16-25-30(44)37-27(23-12-13-23)34(48)41(10)22(7)33(47)42(11)26(17-19(3)4)31(45)38-28(24-14-15-24)35(49)40(9)21(6)32(46)39(8)20(5)29(43)36-25/h18-28H,12-17H2,1-11H3,(H,36,43)(H,37,44)(H,38,45)/t20-,21+,22+,25-,26+,27-,28+/m1/s1. The Balaban J connectivity index is 2.05. The quantitative estimate of drug-likeness (QED) is 0.370. The van der Waals surface area contributed by atoms with Crippen LogP contribution in [0.2, 0.25) is 0 Å². The molecule has 276 valence electrons. The van der Waals surface area contributed by atoms with E-state index in [0.717, 1.165) is 25.7 Å². The summed E-state index contributed by atoms with van der Waals surface area (Å²) in [5.74, 6) is -3.60. The molecular formula is C35H59N7O7. The molecule has 1 aliphatic heterocycles. The van der Waals surface area contributed by atoms with Gasteiger partial charge in [-0.05, 0) is 83.0 Å². The zero-order valence-corrected chi connectivity index (χ0v) is 31.2. The highest BCUT2D eigenvalue weighted by atomic mass is 16.2. The fraction of sp³-hybridized carbons (Fsp3) is 0.800. The minimum atomic E-state index is -0.986. The molecule has 2 aliphatic carbocycles. The maximum atomic E-state index is 13.9. The van der Waals surface area contributed by atoms with Gasteiger partial charge >= 0.3 is 0 Å². The Bertz CT molecular complexity index is 1280.